The van der Waals surface area contributed by atoms with Crippen LogP contribution in [0, 0.1) is 5.41 Å². The number of nitrogens with two attached hydrogens (primary N) is 1. The zero-order chi connectivity index (χ0) is 13.3. The molecule has 2 N–H and O–H groups in total. The molecule has 0 atom stereocenters. The van der Waals surface area contributed by atoms with Gasteiger partial charge in [0.15, 0.2) is 0 Å². The predicted octanol–water partition coefficient (Wildman–Crippen LogP) is 3.53. The van der Waals surface area contributed by atoms with Gasteiger partial charge in [-0.3, -0.25) is 0 Å². The van der Waals surface area contributed by atoms with Crippen molar-refractivity contribution in [3.05, 3.63) is 28.2 Å². The molecular formula is C12H16BrF2NO. The van der Waals surface area contributed by atoms with Crippen LogP contribution in [0.4, 0.5) is 8.78 Å². The lowest BCUT2D eigenvalue weighted by Crippen LogP contribution is -2.40. The standard InChI is InChI=1S/C12H16BrF2NO/c1-11(2,7-16)12(14,15)8-4-5-10(17-3)9(13)6-8/h4-6H,7,16H2,1-3H3. The quantitative estimate of drug-likeness (QED) is 0.923. The molecule has 0 fully saturated rings. The van der Waals surface area contributed by atoms with Crippen molar-refractivity contribution >= 4 is 15.9 Å². The number of hydrogen-bond acceptors (Lipinski definition) is 2. The number of rotatable bonds is 4. The lowest BCUT2D eigenvalue weighted by atomic mass is 9.81. The zero-order valence-electron chi connectivity index (χ0n) is 10.1. The zero-order valence-corrected chi connectivity index (χ0v) is 11.6. The highest BCUT2D eigenvalue weighted by molar-refractivity contribution is 9.10. The first kappa shape index (κ1) is 14.4. The van der Waals surface area contributed by atoms with E-state index in [4.69, 9.17) is 10.5 Å². The number of benzene rings is 1. The lowest BCUT2D eigenvalue weighted by molar-refractivity contribution is -0.108. The van der Waals surface area contributed by atoms with Crippen molar-refractivity contribution in [2.24, 2.45) is 11.1 Å². The van der Waals surface area contributed by atoms with Crippen molar-refractivity contribution in [1.82, 2.24) is 0 Å². The highest BCUT2D eigenvalue weighted by Crippen LogP contribution is 2.45. The van der Waals surface area contributed by atoms with Crippen LogP contribution in [0.3, 0.4) is 0 Å². The number of hydrogen-bond donors (Lipinski definition) is 1. The molecule has 0 aromatic heterocycles. The van der Waals surface area contributed by atoms with Gasteiger partial charge in [0.2, 0.25) is 0 Å². The minimum Gasteiger partial charge on any atom is -0.496 e. The van der Waals surface area contributed by atoms with Crippen molar-refractivity contribution in [2.75, 3.05) is 13.7 Å². The number of alkyl halides is 2. The van der Waals surface area contributed by atoms with Crippen molar-refractivity contribution in [3.8, 4) is 5.75 Å². The van der Waals surface area contributed by atoms with Gasteiger partial charge in [0.1, 0.15) is 5.75 Å². The van der Waals surface area contributed by atoms with Gasteiger partial charge >= 0.3 is 0 Å². The van der Waals surface area contributed by atoms with E-state index < -0.39 is 11.3 Å². The molecule has 0 heterocycles. The van der Waals surface area contributed by atoms with Crippen LogP contribution in [0.25, 0.3) is 0 Å². The van der Waals surface area contributed by atoms with Crippen LogP contribution < -0.4 is 10.5 Å². The number of ether oxygens (including phenoxy) is 1. The SMILES string of the molecule is COc1ccc(C(F)(F)C(C)(C)CN)cc1Br. The molecule has 0 aliphatic rings. The Labute approximate surface area is 108 Å². The van der Waals surface area contributed by atoms with E-state index in [2.05, 4.69) is 15.9 Å². The van der Waals surface area contributed by atoms with E-state index >= 15 is 0 Å². The maximum Gasteiger partial charge on any atom is 0.279 e. The van der Waals surface area contributed by atoms with E-state index in [1.807, 2.05) is 0 Å². The summed E-state index contributed by atoms with van der Waals surface area (Å²) >= 11 is 3.20. The molecule has 0 radical (unpaired) electrons. The Morgan fingerprint density at radius 3 is 2.35 bits per heavy atom. The predicted molar refractivity (Wildman–Crippen MR) is 67.4 cm³/mol. The molecule has 17 heavy (non-hydrogen) atoms. The third-order valence-corrected chi connectivity index (χ3v) is 3.49. The van der Waals surface area contributed by atoms with Crippen LogP contribution in [0.5, 0.6) is 5.75 Å². The smallest absolute Gasteiger partial charge is 0.279 e. The minimum absolute atomic E-state index is 0.0689. The van der Waals surface area contributed by atoms with Crippen LogP contribution >= 0.6 is 15.9 Å². The molecule has 2 nitrogen and oxygen atoms in total. The first-order valence-electron chi connectivity index (χ1n) is 5.18. The maximum atomic E-state index is 14.2. The van der Waals surface area contributed by atoms with E-state index in [1.54, 1.807) is 0 Å². The largest absolute Gasteiger partial charge is 0.496 e. The molecule has 0 saturated carbocycles. The Morgan fingerprint density at radius 2 is 1.94 bits per heavy atom. The third kappa shape index (κ3) is 2.60. The maximum absolute atomic E-state index is 14.2. The molecular weight excluding hydrogens is 292 g/mol. The fraction of sp³-hybridized carbons (Fsp3) is 0.500. The van der Waals surface area contributed by atoms with Gasteiger partial charge in [0.05, 0.1) is 11.6 Å². The van der Waals surface area contributed by atoms with Crippen molar-refractivity contribution in [1.29, 1.82) is 0 Å². The van der Waals surface area contributed by atoms with Gasteiger partial charge in [-0.2, -0.15) is 0 Å². The van der Waals surface area contributed by atoms with E-state index in [1.165, 1.54) is 39.2 Å². The molecule has 0 aliphatic carbocycles. The first-order valence-corrected chi connectivity index (χ1v) is 5.97. The molecule has 0 saturated heterocycles. The van der Waals surface area contributed by atoms with Gasteiger partial charge in [-0.25, -0.2) is 8.78 Å². The van der Waals surface area contributed by atoms with Gasteiger partial charge in [0.25, 0.3) is 5.92 Å². The van der Waals surface area contributed by atoms with Crippen LogP contribution in [-0.2, 0) is 5.92 Å². The molecule has 1 aromatic rings. The summed E-state index contributed by atoms with van der Waals surface area (Å²) in [6.07, 6.45) is 0. The van der Waals surface area contributed by atoms with Crippen LogP contribution in [-0.4, -0.2) is 13.7 Å². The van der Waals surface area contributed by atoms with E-state index in [0.717, 1.165) is 0 Å². The van der Waals surface area contributed by atoms with Crippen LogP contribution in [0.1, 0.15) is 19.4 Å². The average Bonchev–Trinajstić information content (AvgIpc) is 2.28. The summed E-state index contributed by atoms with van der Waals surface area (Å²) in [4.78, 5) is 0. The Morgan fingerprint density at radius 1 is 1.35 bits per heavy atom. The molecule has 1 rings (SSSR count). The second-order valence-corrected chi connectivity index (χ2v) is 5.37. The summed E-state index contributed by atoms with van der Waals surface area (Å²) in [6.45, 7) is 2.81. The minimum atomic E-state index is -2.99. The van der Waals surface area contributed by atoms with Crippen molar-refractivity contribution < 1.29 is 13.5 Å². The van der Waals surface area contributed by atoms with Crippen molar-refractivity contribution in [2.45, 2.75) is 19.8 Å². The summed E-state index contributed by atoms with van der Waals surface area (Å²) in [5.74, 6) is -2.47. The van der Waals surface area contributed by atoms with E-state index in [9.17, 15) is 8.78 Å². The highest BCUT2D eigenvalue weighted by atomic mass is 79.9. The number of methoxy groups -OCH3 is 1. The Kier molecular flexibility index (Phi) is 4.15. The summed E-state index contributed by atoms with van der Waals surface area (Å²) in [6, 6.07) is 4.25. The summed E-state index contributed by atoms with van der Waals surface area (Å²) in [5.41, 5.74) is 4.05. The molecule has 0 unspecified atom stereocenters. The molecule has 0 bridgehead atoms. The summed E-state index contributed by atoms with van der Waals surface area (Å²) < 4.78 is 33.9. The fourth-order valence-corrected chi connectivity index (χ4v) is 1.92. The van der Waals surface area contributed by atoms with Crippen LogP contribution in [0.15, 0.2) is 22.7 Å². The van der Waals surface area contributed by atoms with Gasteiger partial charge in [-0.15, -0.1) is 0 Å². The van der Waals surface area contributed by atoms with Gasteiger partial charge in [-0.05, 0) is 34.1 Å². The average molecular weight is 308 g/mol. The van der Waals surface area contributed by atoms with E-state index in [0.29, 0.717) is 10.2 Å². The molecule has 5 heteroatoms. The normalized spacial score (nSPS) is 12.6. The molecule has 0 aliphatic heterocycles. The molecule has 1 aromatic carbocycles. The van der Waals surface area contributed by atoms with Gasteiger partial charge < -0.3 is 10.5 Å². The summed E-state index contributed by atoms with van der Waals surface area (Å²) in [5, 5.41) is 0. The van der Waals surface area contributed by atoms with Crippen LogP contribution in [0.2, 0.25) is 0 Å². The second kappa shape index (κ2) is 4.90. The van der Waals surface area contributed by atoms with Gasteiger partial charge in [-0.1, -0.05) is 13.8 Å². The third-order valence-electron chi connectivity index (χ3n) is 2.87. The Hall–Kier alpha value is -0.680. The number of halogens is 3. The lowest BCUT2D eigenvalue weighted by Gasteiger charge is -2.33. The molecule has 0 amide bonds. The van der Waals surface area contributed by atoms with Crippen molar-refractivity contribution in [3.63, 3.8) is 0 Å². The van der Waals surface area contributed by atoms with Gasteiger partial charge in [0, 0.05) is 17.5 Å². The van der Waals surface area contributed by atoms with E-state index in [-0.39, 0.29) is 12.1 Å². The summed E-state index contributed by atoms with van der Waals surface area (Å²) in [7, 11) is 1.49. The Balaban J connectivity index is 3.20. The fourth-order valence-electron chi connectivity index (χ4n) is 1.38. The second-order valence-electron chi connectivity index (χ2n) is 4.51. The Bertz CT molecular complexity index is 407. The molecule has 0 spiro atoms. The topological polar surface area (TPSA) is 35.2 Å². The molecule has 96 valence electrons. The monoisotopic (exact) mass is 307 g/mol. The highest BCUT2D eigenvalue weighted by Gasteiger charge is 2.47. The first-order chi connectivity index (χ1) is 7.76.